The van der Waals surface area contributed by atoms with Crippen LogP contribution in [0.1, 0.15) is 25.0 Å². The van der Waals surface area contributed by atoms with Gasteiger partial charge in [-0.2, -0.15) is 0 Å². The van der Waals surface area contributed by atoms with Gasteiger partial charge < -0.3 is 10.1 Å². The SMILES string of the molecule is CCOc1ccc(/C=C2\C=C(c3ccccc3)N(c3ccc(NC(C)=O)cc3)C2=O)cc1. The standard InChI is InChI=1S/C27H24N2O3/c1-3-32-25-15-9-20(10-16-25)17-22-18-26(21-7-5-4-6-8-21)29(27(22)31)24-13-11-23(12-14-24)28-19(2)30/h4-18H,3H2,1-2H3,(H,28,30)/b22-17+. The minimum atomic E-state index is -0.138. The summed E-state index contributed by atoms with van der Waals surface area (Å²) in [7, 11) is 0. The third-order valence-electron chi connectivity index (χ3n) is 5.01. The second kappa shape index (κ2) is 9.35. The molecule has 5 heteroatoms. The fourth-order valence-corrected chi connectivity index (χ4v) is 3.60. The summed E-state index contributed by atoms with van der Waals surface area (Å²) in [4.78, 5) is 26.5. The number of hydrogen-bond acceptors (Lipinski definition) is 3. The highest BCUT2D eigenvalue weighted by Crippen LogP contribution is 2.35. The summed E-state index contributed by atoms with van der Waals surface area (Å²) in [5, 5.41) is 2.75. The Morgan fingerprint density at radius 2 is 1.66 bits per heavy atom. The molecule has 1 aliphatic rings. The predicted molar refractivity (Wildman–Crippen MR) is 128 cm³/mol. The van der Waals surface area contributed by atoms with E-state index in [0.29, 0.717) is 17.9 Å². The van der Waals surface area contributed by atoms with Gasteiger partial charge in [0.2, 0.25) is 5.91 Å². The van der Waals surface area contributed by atoms with Crippen LogP contribution in [0.3, 0.4) is 0 Å². The molecule has 0 fully saturated rings. The molecule has 3 aromatic carbocycles. The van der Waals surface area contributed by atoms with Gasteiger partial charge in [-0.25, -0.2) is 0 Å². The summed E-state index contributed by atoms with van der Waals surface area (Å²) in [5.74, 6) is 0.555. The van der Waals surface area contributed by atoms with Crippen LogP contribution in [0.15, 0.2) is 90.5 Å². The predicted octanol–water partition coefficient (Wildman–Crippen LogP) is 5.52. The molecule has 1 heterocycles. The number of nitrogens with zero attached hydrogens (tertiary/aromatic N) is 1. The number of benzene rings is 3. The molecule has 0 aliphatic carbocycles. The van der Waals surface area contributed by atoms with E-state index in [-0.39, 0.29) is 11.8 Å². The minimum Gasteiger partial charge on any atom is -0.494 e. The zero-order valence-corrected chi connectivity index (χ0v) is 18.0. The molecular weight excluding hydrogens is 400 g/mol. The lowest BCUT2D eigenvalue weighted by molar-refractivity contribution is -0.114. The normalized spacial score (nSPS) is 14.4. The van der Waals surface area contributed by atoms with Gasteiger partial charge in [-0.05, 0) is 66.6 Å². The van der Waals surface area contributed by atoms with Crippen molar-refractivity contribution in [3.8, 4) is 5.75 Å². The molecule has 0 unspecified atom stereocenters. The zero-order chi connectivity index (χ0) is 22.5. The molecular formula is C27H24N2O3. The van der Waals surface area contributed by atoms with Crippen LogP contribution in [0.4, 0.5) is 11.4 Å². The van der Waals surface area contributed by atoms with Crippen LogP contribution >= 0.6 is 0 Å². The van der Waals surface area contributed by atoms with Crippen molar-refractivity contribution >= 4 is 35.0 Å². The Kier molecular flexibility index (Phi) is 6.17. The van der Waals surface area contributed by atoms with Crippen LogP contribution in [0.25, 0.3) is 11.8 Å². The van der Waals surface area contributed by atoms with Gasteiger partial charge in [0.1, 0.15) is 5.75 Å². The largest absolute Gasteiger partial charge is 0.494 e. The van der Waals surface area contributed by atoms with E-state index in [0.717, 1.165) is 28.3 Å². The van der Waals surface area contributed by atoms with Crippen LogP contribution in [0.5, 0.6) is 5.75 Å². The third kappa shape index (κ3) is 4.62. The molecule has 0 spiro atoms. The number of carbonyl (C=O) groups excluding carboxylic acids is 2. The Balaban J connectivity index is 1.70. The average molecular weight is 425 g/mol. The first-order chi connectivity index (χ1) is 15.5. The van der Waals surface area contributed by atoms with Crippen molar-refractivity contribution in [3.63, 3.8) is 0 Å². The maximum atomic E-state index is 13.4. The average Bonchev–Trinajstić information content (AvgIpc) is 3.12. The summed E-state index contributed by atoms with van der Waals surface area (Å²) >= 11 is 0. The first kappa shape index (κ1) is 21.1. The minimum absolute atomic E-state index is 0.106. The van der Waals surface area contributed by atoms with Crippen LogP contribution < -0.4 is 15.0 Å². The number of hydrogen-bond donors (Lipinski definition) is 1. The molecule has 0 saturated carbocycles. The number of anilines is 2. The summed E-state index contributed by atoms with van der Waals surface area (Å²) in [5.41, 5.74) is 4.68. The Labute approximate surface area is 187 Å². The van der Waals surface area contributed by atoms with Crippen LogP contribution in [-0.4, -0.2) is 18.4 Å². The summed E-state index contributed by atoms with van der Waals surface area (Å²) in [6, 6.07) is 24.7. The van der Waals surface area contributed by atoms with Crippen molar-refractivity contribution in [2.45, 2.75) is 13.8 Å². The molecule has 32 heavy (non-hydrogen) atoms. The van der Waals surface area contributed by atoms with E-state index < -0.39 is 0 Å². The number of amides is 2. The van der Waals surface area contributed by atoms with Gasteiger partial charge in [-0.3, -0.25) is 14.5 Å². The molecule has 3 aromatic rings. The maximum absolute atomic E-state index is 13.4. The van der Waals surface area contributed by atoms with Crippen molar-refractivity contribution in [2.24, 2.45) is 0 Å². The second-order valence-corrected chi connectivity index (χ2v) is 7.37. The smallest absolute Gasteiger partial charge is 0.262 e. The van der Waals surface area contributed by atoms with Gasteiger partial charge >= 0.3 is 0 Å². The quantitative estimate of drug-likeness (QED) is 0.531. The molecule has 0 aromatic heterocycles. The van der Waals surface area contributed by atoms with E-state index >= 15 is 0 Å². The molecule has 1 N–H and O–H groups in total. The highest BCUT2D eigenvalue weighted by molar-refractivity contribution is 6.23. The van der Waals surface area contributed by atoms with Gasteiger partial charge in [-0.15, -0.1) is 0 Å². The van der Waals surface area contributed by atoms with Gasteiger partial charge in [0.15, 0.2) is 0 Å². The van der Waals surface area contributed by atoms with Crippen molar-refractivity contribution in [1.82, 2.24) is 0 Å². The van der Waals surface area contributed by atoms with E-state index in [1.165, 1.54) is 6.92 Å². The van der Waals surface area contributed by atoms with E-state index in [9.17, 15) is 9.59 Å². The third-order valence-corrected chi connectivity index (χ3v) is 5.01. The van der Waals surface area contributed by atoms with E-state index in [4.69, 9.17) is 4.74 Å². The summed E-state index contributed by atoms with van der Waals surface area (Å²) in [6.45, 7) is 4.02. The number of rotatable bonds is 6. The highest BCUT2D eigenvalue weighted by Gasteiger charge is 2.30. The number of carbonyl (C=O) groups is 2. The molecule has 4 rings (SSSR count). The Hall–Kier alpha value is -4.12. The van der Waals surface area contributed by atoms with Crippen molar-refractivity contribution in [2.75, 3.05) is 16.8 Å². The molecule has 0 saturated heterocycles. The first-order valence-corrected chi connectivity index (χ1v) is 10.5. The van der Waals surface area contributed by atoms with Crippen LogP contribution in [-0.2, 0) is 9.59 Å². The summed E-state index contributed by atoms with van der Waals surface area (Å²) < 4.78 is 5.50. The van der Waals surface area contributed by atoms with Crippen LogP contribution in [0.2, 0.25) is 0 Å². The monoisotopic (exact) mass is 424 g/mol. The van der Waals surface area contributed by atoms with E-state index in [1.54, 1.807) is 17.0 Å². The lowest BCUT2D eigenvalue weighted by atomic mass is 10.1. The lowest BCUT2D eigenvalue weighted by Crippen LogP contribution is -2.25. The zero-order valence-electron chi connectivity index (χ0n) is 18.0. The first-order valence-electron chi connectivity index (χ1n) is 10.5. The molecule has 0 atom stereocenters. The topological polar surface area (TPSA) is 58.6 Å². The van der Waals surface area contributed by atoms with E-state index in [1.807, 2.05) is 85.8 Å². The molecule has 160 valence electrons. The summed E-state index contributed by atoms with van der Waals surface area (Å²) in [6.07, 6.45) is 3.79. The molecule has 2 amide bonds. The molecule has 0 radical (unpaired) electrons. The van der Waals surface area contributed by atoms with Gasteiger partial charge in [0.25, 0.3) is 5.91 Å². The Morgan fingerprint density at radius 1 is 0.969 bits per heavy atom. The number of nitrogens with one attached hydrogen (secondary N) is 1. The lowest BCUT2D eigenvalue weighted by Gasteiger charge is -2.21. The number of ether oxygens (including phenoxy) is 1. The fourth-order valence-electron chi connectivity index (χ4n) is 3.60. The Bertz CT molecular complexity index is 1180. The molecule has 5 nitrogen and oxygen atoms in total. The second-order valence-electron chi connectivity index (χ2n) is 7.37. The fraction of sp³-hybridized carbons (Fsp3) is 0.111. The van der Waals surface area contributed by atoms with Gasteiger partial charge in [0.05, 0.1) is 12.3 Å². The highest BCUT2D eigenvalue weighted by atomic mass is 16.5. The van der Waals surface area contributed by atoms with Gasteiger partial charge in [-0.1, -0.05) is 42.5 Å². The van der Waals surface area contributed by atoms with Crippen molar-refractivity contribution in [1.29, 1.82) is 0 Å². The molecule has 0 bridgehead atoms. The molecule has 1 aliphatic heterocycles. The van der Waals surface area contributed by atoms with Crippen LogP contribution in [0, 0.1) is 0 Å². The van der Waals surface area contributed by atoms with E-state index in [2.05, 4.69) is 5.32 Å². The van der Waals surface area contributed by atoms with Gasteiger partial charge in [0, 0.05) is 23.9 Å². The van der Waals surface area contributed by atoms with Crippen molar-refractivity contribution in [3.05, 3.63) is 102 Å². The van der Waals surface area contributed by atoms with Crippen molar-refractivity contribution < 1.29 is 14.3 Å². The Morgan fingerprint density at radius 3 is 2.28 bits per heavy atom. The maximum Gasteiger partial charge on any atom is 0.262 e.